The molecule has 2 heterocycles. The maximum Gasteiger partial charge on any atom is 0.253 e. The van der Waals surface area contributed by atoms with Crippen molar-refractivity contribution < 1.29 is 13.9 Å². The summed E-state index contributed by atoms with van der Waals surface area (Å²) < 4.78 is 16.9. The van der Waals surface area contributed by atoms with Gasteiger partial charge < -0.3 is 13.9 Å². The Morgan fingerprint density at radius 3 is 2.41 bits per heavy atom. The van der Waals surface area contributed by atoms with Gasteiger partial charge in [-0.3, -0.25) is 0 Å². The summed E-state index contributed by atoms with van der Waals surface area (Å²) in [4.78, 5) is 4.61. The Morgan fingerprint density at radius 1 is 0.963 bits per heavy atom. The van der Waals surface area contributed by atoms with Crippen LogP contribution in [0.25, 0.3) is 0 Å². The van der Waals surface area contributed by atoms with Gasteiger partial charge in [0.15, 0.2) is 5.76 Å². The minimum atomic E-state index is 0.0202. The van der Waals surface area contributed by atoms with Crippen LogP contribution in [0.5, 0.6) is 5.75 Å². The van der Waals surface area contributed by atoms with Crippen LogP contribution in [-0.4, -0.2) is 19.1 Å². The van der Waals surface area contributed by atoms with E-state index in [1.165, 1.54) is 44.9 Å². The summed E-state index contributed by atoms with van der Waals surface area (Å²) in [6, 6.07) is 11.9. The summed E-state index contributed by atoms with van der Waals surface area (Å²) in [5, 5.41) is 0. The molecule has 0 saturated heterocycles. The van der Waals surface area contributed by atoms with Gasteiger partial charge in [-0.1, -0.05) is 64.0 Å². The molecule has 0 bridgehead atoms. The number of ether oxygens (including phenoxy) is 2. The van der Waals surface area contributed by atoms with Crippen molar-refractivity contribution in [2.75, 3.05) is 13.2 Å². The average molecular weight is 370 g/mol. The van der Waals surface area contributed by atoms with Crippen molar-refractivity contribution in [3.63, 3.8) is 0 Å². The molecule has 0 amide bonds. The molecule has 0 saturated carbocycles. The second kappa shape index (κ2) is 10.8. The molecule has 0 spiro atoms. The number of nitrogens with zero attached hydrogens (tertiary/aromatic N) is 1. The Hall–Kier alpha value is -2.23. The molecule has 1 aromatic heterocycles. The van der Waals surface area contributed by atoms with E-state index in [1.54, 1.807) is 6.26 Å². The Bertz CT molecular complexity index is 676. The van der Waals surface area contributed by atoms with Crippen LogP contribution in [0, 0.1) is 0 Å². The SMILES string of the molecule is CCCCCCCCCCOc1ccc(C2COC(c3ccco3)=N2)cc1. The highest BCUT2D eigenvalue weighted by Gasteiger charge is 2.23. The third-order valence-corrected chi connectivity index (χ3v) is 4.91. The summed E-state index contributed by atoms with van der Waals surface area (Å²) >= 11 is 0. The molecule has 1 aliphatic rings. The first-order valence-corrected chi connectivity index (χ1v) is 10.3. The lowest BCUT2D eigenvalue weighted by Gasteiger charge is -2.09. The third-order valence-electron chi connectivity index (χ3n) is 4.91. The maximum absolute atomic E-state index is 5.87. The molecule has 4 heteroatoms. The number of furan rings is 1. The molecule has 1 aliphatic heterocycles. The minimum Gasteiger partial charge on any atom is -0.494 e. The number of unbranched alkanes of at least 4 members (excludes halogenated alkanes) is 7. The monoisotopic (exact) mass is 369 g/mol. The van der Waals surface area contributed by atoms with Crippen LogP contribution < -0.4 is 4.74 Å². The predicted octanol–water partition coefficient (Wildman–Crippen LogP) is 6.32. The van der Waals surface area contributed by atoms with Crippen molar-refractivity contribution in [3.05, 3.63) is 54.0 Å². The van der Waals surface area contributed by atoms with Crippen LogP contribution in [0.2, 0.25) is 0 Å². The molecule has 0 radical (unpaired) electrons. The topological polar surface area (TPSA) is 44.0 Å². The van der Waals surface area contributed by atoms with Gasteiger partial charge >= 0.3 is 0 Å². The lowest BCUT2D eigenvalue weighted by molar-refractivity contribution is 0.303. The molecular formula is C23H31NO3. The zero-order valence-corrected chi connectivity index (χ0v) is 16.4. The Morgan fingerprint density at radius 2 is 1.70 bits per heavy atom. The lowest BCUT2D eigenvalue weighted by atomic mass is 10.1. The molecule has 146 valence electrons. The van der Waals surface area contributed by atoms with Crippen molar-refractivity contribution >= 4 is 5.90 Å². The minimum absolute atomic E-state index is 0.0202. The normalized spacial score (nSPS) is 16.2. The lowest BCUT2D eigenvalue weighted by Crippen LogP contribution is -2.00. The summed E-state index contributed by atoms with van der Waals surface area (Å²) in [5.41, 5.74) is 1.14. The van der Waals surface area contributed by atoms with Gasteiger partial charge in [0.25, 0.3) is 5.90 Å². The standard InChI is InChI=1S/C23H31NO3/c1-2-3-4-5-6-7-8-9-16-25-20-14-12-19(13-15-20)21-18-27-23(24-21)22-11-10-17-26-22/h10-15,17,21H,2-9,16,18H2,1H3. The Balaban J connectivity index is 1.35. The van der Waals surface area contributed by atoms with Gasteiger partial charge in [-0.2, -0.15) is 0 Å². The number of aliphatic imine (C=N–C) groups is 1. The molecule has 0 aliphatic carbocycles. The molecule has 2 aromatic rings. The summed E-state index contributed by atoms with van der Waals surface area (Å²) in [6.45, 7) is 3.60. The smallest absolute Gasteiger partial charge is 0.253 e. The van der Waals surface area contributed by atoms with Gasteiger partial charge in [-0.25, -0.2) is 4.99 Å². The van der Waals surface area contributed by atoms with E-state index in [0.29, 0.717) is 18.3 Å². The van der Waals surface area contributed by atoms with Gasteiger partial charge in [-0.05, 0) is 36.2 Å². The predicted molar refractivity (Wildman–Crippen MR) is 108 cm³/mol. The van der Waals surface area contributed by atoms with E-state index < -0.39 is 0 Å². The average Bonchev–Trinajstić information content (AvgIpc) is 3.39. The van der Waals surface area contributed by atoms with E-state index in [-0.39, 0.29) is 6.04 Å². The van der Waals surface area contributed by atoms with Crippen molar-refractivity contribution in [2.24, 2.45) is 4.99 Å². The van der Waals surface area contributed by atoms with E-state index in [0.717, 1.165) is 24.3 Å². The Labute approximate surface area is 162 Å². The maximum atomic E-state index is 5.87. The van der Waals surface area contributed by atoms with E-state index in [4.69, 9.17) is 13.9 Å². The fraction of sp³-hybridized carbons (Fsp3) is 0.522. The molecule has 0 fully saturated rings. The highest BCUT2D eigenvalue weighted by atomic mass is 16.5. The highest BCUT2D eigenvalue weighted by molar-refractivity contribution is 5.92. The molecule has 1 unspecified atom stereocenters. The fourth-order valence-corrected chi connectivity index (χ4v) is 3.29. The first-order valence-electron chi connectivity index (χ1n) is 10.3. The first kappa shape index (κ1) is 19.5. The van der Waals surface area contributed by atoms with Gasteiger partial charge in [0.2, 0.25) is 0 Å². The number of hydrogen-bond acceptors (Lipinski definition) is 4. The zero-order chi connectivity index (χ0) is 18.7. The molecule has 1 aromatic carbocycles. The summed E-state index contributed by atoms with van der Waals surface area (Å²) in [7, 11) is 0. The van der Waals surface area contributed by atoms with E-state index in [9.17, 15) is 0 Å². The second-order valence-corrected chi connectivity index (χ2v) is 7.13. The van der Waals surface area contributed by atoms with Crippen LogP contribution in [0.1, 0.15) is 75.7 Å². The largest absolute Gasteiger partial charge is 0.494 e. The molecule has 0 N–H and O–H groups in total. The van der Waals surface area contributed by atoms with Crippen molar-refractivity contribution in [2.45, 2.75) is 64.3 Å². The van der Waals surface area contributed by atoms with Crippen molar-refractivity contribution in [3.8, 4) is 5.75 Å². The Kier molecular flexibility index (Phi) is 7.82. The van der Waals surface area contributed by atoms with Gasteiger partial charge in [0, 0.05) is 0 Å². The summed E-state index contributed by atoms with van der Waals surface area (Å²) in [5.74, 6) is 2.19. The number of hydrogen-bond donors (Lipinski definition) is 0. The van der Waals surface area contributed by atoms with Crippen LogP contribution in [0.3, 0.4) is 0 Å². The van der Waals surface area contributed by atoms with Gasteiger partial charge in [-0.15, -0.1) is 0 Å². The van der Waals surface area contributed by atoms with Gasteiger partial charge in [0.05, 0.1) is 12.9 Å². The molecule has 1 atom stereocenters. The second-order valence-electron chi connectivity index (χ2n) is 7.13. The van der Waals surface area contributed by atoms with E-state index >= 15 is 0 Å². The quantitative estimate of drug-likeness (QED) is 0.411. The van der Waals surface area contributed by atoms with E-state index in [1.807, 2.05) is 24.3 Å². The van der Waals surface area contributed by atoms with Crippen molar-refractivity contribution in [1.29, 1.82) is 0 Å². The van der Waals surface area contributed by atoms with E-state index in [2.05, 4.69) is 24.0 Å². The van der Waals surface area contributed by atoms with Crippen LogP contribution in [0.4, 0.5) is 0 Å². The third kappa shape index (κ3) is 6.16. The molecule has 4 nitrogen and oxygen atoms in total. The van der Waals surface area contributed by atoms with Crippen LogP contribution in [0.15, 0.2) is 52.1 Å². The summed E-state index contributed by atoms with van der Waals surface area (Å²) in [6.07, 6.45) is 12.2. The first-order chi connectivity index (χ1) is 13.4. The van der Waals surface area contributed by atoms with Crippen LogP contribution >= 0.6 is 0 Å². The molecular weight excluding hydrogens is 338 g/mol. The van der Waals surface area contributed by atoms with Gasteiger partial charge in [0.1, 0.15) is 18.4 Å². The zero-order valence-electron chi connectivity index (χ0n) is 16.4. The molecule has 27 heavy (non-hydrogen) atoms. The fourth-order valence-electron chi connectivity index (χ4n) is 3.29. The highest BCUT2D eigenvalue weighted by Crippen LogP contribution is 2.27. The van der Waals surface area contributed by atoms with Crippen molar-refractivity contribution in [1.82, 2.24) is 0 Å². The van der Waals surface area contributed by atoms with Crippen LogP contribution in [-0.2, 0) is 4.74 Å². The number of rotatable bonds is 12. The number of benzene rings is 1. The molecule has 3 rings (SSSR count).